The Morgan fingerprint density at radius 1 is 1.17 bits per heavy atom. The second-order valence-corrected chi connectivity index (χ2v) is 8.67. The number of sulfonamides is 1. The molecule has 29 heavy (non-hydrogen) atoms. The van der Waals surface area contributed by atoms with Crippen molar-refractivity contribution in [3.05, 3.63) is 72.3 Å². The zero-order chi connectivity index (χ0) is 20.4. The van der Waals surface area contributed by atoms with Crippen LogP contribution in [0, 0.1) is 0 Å². The standard InChI is InChI=1S/C21H22N4O3S/c1-2-21(26)25-11-9-17-13-19(7-8-20(17)25)29(27,28)23-14-16-3-5-18(6-4-16)24-12-10-22-15-24/h3-8,10,12-13,15,23H,2,9,11,14H2,1H3. The van der Waals surface area contributed by atoms with Crippen molar-refractivity contribution in [2.75, 3.05) is 11.4 Å². The van der Waals surface area contributed by atoms with Crippen LogP contribution in [0.2, 0.25) is 0 Å². The van der Waals surface area contributed by atoms with E-state index in [0.29, 0.717) is 19.4 Å². The summed E-state index contributed by atoms with van der Waals surface area (Å²) >= 11 is 0. The van der Waals surface area contributed by atoms with Crippen LogP contribution < -0.4 is 9.62 Å². The molecule has 2 aromatic carbocycles. The van der Waals surface area contributed by atoms with Crippen LogP contribution in [0.4, 0.5) is 5.69 Å². The predicted octanol–water partition coefficient (Wildman–Crippen LogP) is 2.65. The second kappa shape index (κ2) is 7.81. The van der Waals surface area contributed by atoms with Gasteiger partial charge in [-0.15, -0.1) is 0 Å². The summed E-state index contributed by atoms with van der Waals surface area (Å²) in [7, 11) is -3.65. The first-order valence-electron chi connectivity index (χ1n) is 9.48. The van der Waals surface area contributed by atoms with Gasteiger partial charge in [0.25, 0.3) is 0 Å². The highest BCUT2D eigenvalue weighted by molar-refractivity contribution is 7.89. The van der Waals surface area contributed by atoms with Crippen LogP contribution in [0.5, 0.6) is 0 Å². The quantitative estimate of drug-likeness (QED) is 0.677. The highest BCUT2D eigenvalue weighted by Gasteiger charge is 2.25. The number of hydrogen-bond donors (Lipinski definition) is 1. The minimum Gasteiger partial charge on any atom is -0.312 e. The largest absolute Gasteiger partial charge is 0.312 e. The van der Waals surface area contributed by atoms with E-state index >= 15 is 0 Å². The average molecular weight is 410 g/mol. The molecule has 3 aromatic rings. The van der Waals surface area contributed by atoms with Crippen molar-refractivity contribution >= 4 is 21.6 Å². The number of imidazole rings is 1. The Hall–Kier alpha value is -2.97. The van der Waals surface area contributed by atoms with Crippen molar-refractivity contribution < 1.29 is 13.2 Å². The molecule has 7 nitrogen and oxygen atoms in total. The molecule has 2 heterocycles. The number of fused-ring (bicyclic) bond motifs is 1. The van der Waals surface area contributed by atoms with Crippen molar-refractivity contribution in [2.45, 2.75) is 31.2 Å². The number of carbonyl (C=O) groups excluding carboxylic acids is 1. The SMILES string of the molecule is CCC(=O)N1CCc2cc(S(=O)(=O)NCc3ccc(-n4ccnc4)cc3)ccc21. The van der Waals surface area contributed by atoms with Gasteiger partial charge in [0.05, 0.1) is 11.2 Å². The molecule has 1 aliphatic heterocycles. The van der Waals surface area contributed by atoms with Crippen LogP contribution in [0.3, 0.4) is 0 Å². The lowest BCUT2D eigenvalue weighted by molar-refractivity contribution is -0.118. The number of rotatable bonds is 6. The van der Waals surface area contributed by atoms with Crippen LogP contribution >= 0.6 is 0 Å². The van der Waals surface area contributed by atoms with Crippen LogP contribution in [-0.4, -0.2) is 30.4 Å². The Morgan fingerprint density at radius 2 is 1.97 bits per heavy atom. The third kappa shape index (κ3) is 3.94. The van der Waals surface area contributed by atoms with E-state index < -0.39 is 10.0 Å². The number of nitrogens with one attached hydrogen (secondary N) is 1. The predicted molar refractivity (Wildman–Crippen MR) is 110 cm³/mol. The summed E-state index contributed by atoms with van der Waals surface area (Å²) in [5.41, 5.74) is 3.52. The van der Waals surface area contributed by atoms with Crippen LogP contribution in [0.25, 0.3) is 5.69 Å². The minimum absolute atomic E-state index is 0.0524. The van der Waals surface area contributed by atoms with Crippen molar-refractivity contribution in [3.8, 4) is 5.69 Å². The van der Waals surface area contributed by atoms with Gasteiger partial charge in [-0.05, 0) is 47.9 Å². The Morgan fingerprint density at radius 3 is 2.66 bits per heavy atom. The van der Waals surface area contributed by atoms with Gasteiger partial charge >= 0.3 is 0 Å². The van der Waals surface area contributed by atoms with E-state index in [4.69, 9.17) is 0 Å². The number of hydrogen-bond acceptors (Lipinski definition) is 4. The molecule has 1 aromatic heterocycles. The number of amides is 1. The van der Waals surface area contributed by atoms with E-state index in [1.54, 1.807) is 35.6 Å². The molecular weight excluding hydrogens is 388 g/mol. The summed E-state index contributed by atoms with van der Waals surface area (Å²) in [6, 6.07) is 12.6. The monoisotopic (exact) mass is 410 g/mol. The topological polar surface area (TPSA) is 84.3 Å². The van der Waals surface area contributed by atoms with E-state index in [1.807, 2.05) is 42.0 Å². The summed E-state index contributed by atoms with van der Waals surface area (Å²) in [5, 5.41) is 0. The molecule has 0 atom stereocenters. The van der Waals surface area contributed by atoms with Gasteiger partial charge in [0, 0.05) is 43.3 Å². The van der Waals surface area contributed by atoms with Gasteiger partial charge in [-0.3, -0.25) is 4.79 Å². The van der Waals surface area contributed by atoms with Gasteiger partial charge in [0.1, 0.15) is 0 Å². The van der Waals surface area contributed by atoms with Gasteiger partial charge in [-0.25, -0.2) is 18.1 Å². The fraction of sp³-hybridized carbons (Fsp3) is 0.238. The first-order valence-corrected chi connectivity index (χ1v) is 11.0. The molecule has 0 radical (unpaired) electrons. The van der Waals surface area contributed by atoms with Crippen molar-refractivity contribution in [2.24, 2.45) is 0 Å². The summed E-state index contributed by atoms with van der Waals surface area (Å²) in [6.45, 7) is 2.62. The highest BCUT2D eigenvalue weighted by atomic mass is 32.2. The van der Waals surface area contributed by atoms with Crippen LogP contribution in [-0.2, 0) is 27.8 Å². The molecule has 1 aliphatic rings. The van der Waals surface area contributed by atoms with E-state index in [9.17, 15) is 13.2 Å². The average Bonchev–Trinajstić information content (AvgIpc) is 3.42. The molecule has 0 aliphatic carbocycles. The van der Waals surface area contributed by atoms with Gasteiger partial charge < -0.3 is 9.47 Å². The van der Waals surface area contributed by atoms with E-state index in [0.717, 1.165) is 22.5 Å². The summed E-state index contributed by atoms with van der Waals surface area (Å²) in [6.07, 6.45) is 6.36. The summed E-state index contributed by atoms with van der Waals surface area (Å²) in [4.78, 5) is 18.0. The van der Waals surface area contributed by atoms with Crippen LogP contribution in [0.1, 0.15) is 24.5 Å². The van der Waals surface area contributed by atoms with E-state index in [2.05, 4.69) is 9.71 Å². The minimum atomic E-state index is -3.65. The number of benzene rings is 2. The first kappa shape index (κ1) is 19.4. The molecule has 0 spiro atoms. The lowest BCUT2D eigenvalue weighted by atomic mass is 10.2. The third-order valence-electron chi connectivity index (χ3n) is 5.07. The molecule has 0 unspecified atom stereocenters. The van der Waals surface area contributed by atoms with Gasteiger partial charge in [0.2, 0.25) is 15.9 Å². The van der Waals surface area contributed by atoms with Crippen molar-refractivity contribution in [1.29, 1.82) is 0 Å². The fourth-order valence-corrected chi connectivity index (χ4v) is 4.52. The maximum absolute atomic E-state index is 12.7. The molecule has 0 saturated carbocycles. The van der Waals surface area contributed by atoms with Gasteiger partial charge in [0.15, 0.2) is 0 Å². The smallest absolute Gasteiger partial charge is 0.240 e. The van der Waals surface area contributed by atoms with Crippen molar-refractivity contribution in [3.63, 3.8) is 0 Å². The summed E-state index contributed by atoms with van der Waals surface area (Å²) < 4.78 is 30.0. The summed E-state index contributed by atoms with van der Waals surface area (Å²) in [5.74, 6) is 0.0524. The first-order chi connectivity index (χ1) is 14.0. The van der Waals surface area contributed by atoms with Crippen LogP contribution in [0.15, 0.2) is 66.1 Å². The zero-order valence-corrected chi connectivity index (χ0v) is 16.9. The Balaban J connectivity index is 1.46. The molecule has 0 fully saturated rings. The Bertz CT molecular complexity index is 1120. The van der Waals surface area contributed by atoms with E-state index in [-0.39, 0.29) is 17.3 Å². The number of anilines is 1. The molecule has 4 rings (SSSR count). The molecule has 1 N–H and O–H groups in total. The highest BCUT2D eigenvalue weighted by Crippen LogP contribution is 2.30. The lowest BCUT2D eigenvalue weighted by Crippen LogP contribution is -2.27. The maximum Gasteiger partial charge on any atom is 0.240 e. The molecule has 0 saturated heterocycles. The molecule has 8 heteroatoms. The Labute approximate surface area is 170 Å². The fourth-order valence-electron chi connectivity index (χ4n) is 3.45. The molecule has 150 valence electrons. The zero-order valence-electron chi connectivity index (χ0n) is 16.1. The maximum atomic E-state index is 12.7. The third-order valence-corrected chi connectivity index (χ3v) is 6.46. The Kier molecular flexibility index (Phi) is 5.21. The normalized spacial score (nSPS) is 13.5. The van der Waals surface area contributed by atoms with E-state index in [1.165, 1.54) is 0 Å². The number of aromatic nitrogens is 2. The lowest BCUT2D eigenvalue weighted by Gasteiger charge is -2.16. The van der Waals surface area contributed by atoms with Gasteiger partial charge in [-0.2, -0.15) is 0 Å². The molecular formula is C21H22N4O3S. The molecule has 1 amide bonds. The second-order valence-electron chi connectivity index (χ2n) is 6.90. The molecule has 0 bridgehead atoms. The van der Waals surface area contributed by atoms with Crippen molar-refractivity contribution in [1.82, 2.24) is 14.3 Å². The number of carbonyl (C=O) groups is 1. The number of nitrogens with zero attached hydrogens (tertiary/aromatic N) is 3. The van der Waals surface area contributed by atoms with Gasteiger partial charge in [-0.1, -0.05) is 19.1 Å².